The summed E-state index contributed by atoms with van der Waals surface area (Å²) < 4.78 is 1.96. The third kappa shape index (κ3) is 4.98. The quantitative estimate of drug-likeness (QED) is 0.777. The average Bonchev–Trinajstić information content (AvgIpc) is 3.15. The maximum Gasteiger partial charge on any atom is 0.243 e. The molecule has 0 aliphatic carbocycles. The zero-order valence-electron chi connectivity index (χ0n) is 16.7. The number of carbonyl (C=O) groups excluding carboxylic acids is 2. The fourth-order valence-electron chi connectivity index (χ4n) is 3.66. The van der Waals surface area contributed by atoms with Crippen molar-refractivity contribution < 1.29 is 9.59 Å². The van der Waals surface area contributed by atoms with Crippen molar-refractivity contribution in [3.63, 3.8) is 0 Å². The van der Waals surface area contributed by atoms with E-state index in [1.165, 1.54) is 5.56 Å². The van der Waals surface area contributed by atoms with Crippen molar-refractivity contribution in [1.82, 2.24) is 24.7 Å². The number of carbonyl (C=O) groups is 2. The molecule has 1 unspecified atom stereocenters. The minimum atomic E-state index is -0.439. The van der Waals surface area contributed by atoms with Gasteiger partial charge in [-0.05, 0) is 18.9 Å². The Morgan fingerprint density at radius 1 is 1.18 bits per heavy atom. The summed E-state index contributed by atoms with van der Waals surface area (Å²) in [4.78, 5) is 33.5. The molecule has 3 rings (SSSR count). The van der Waals surface area contributed by atoms with Crippen LogP contribution in [0.4, 0.5) is 0 Å². The fourth-order valence-corrected chi connectivity index (χ4v) is 3.66. The van der Waals surface area contributed by atoms with Gasteiger partial charge in [-0.2, -0.15) is 0 Å². The Morgan fingerprint density at radius 3 is 2.64 bits per heavy atom. The molecule has 1 aliphatic heterocycles. The molecule has 1 aromatic heterocycles. The zero-order valence-corrected chi connectivity index (χ0v) is 16.7. The van der Waals surface area contributed by atoms with Crippen molar-refractivity contribution in [3.8, 4) is 0 Å². The second kappa shape index (κ2) is 9.50. The first-order valence-corrected chi connectivity index (χ1v) is 9.83. The second-order valence-electron chi connectivity index (χ2n) is 7.17. The van der Waals surface area contributed by atoms with Gasteiger partial charge in [-0.1, -0.05) is 30.3 Å². The monoisotopic (exact) mass is 383 g/mol. The van der Waals surface area contributed by atoms with Crippen LogP contribution in [0.2, 0.25) is 0 Å². The number of rotatable bonds is 7. The van der Waals surface area contributed by atoms with E-state index in [1.807, 2.05) is 35.9 Å². The van der Waals surface area contributed by atoms with E-state index in [-0.39, 0.29) is 11.8 Å². The van der Waals surface area contributed by atoms with Gasteiger partial charge in [0.05, 0.1) is 0 Å². The molecule has 0 spiro atoms. The van der Waals surface area contributed by atoms with Crippen LogP contribution < -0.4 is 5.32 Å². The van der Waals surface area contributed by atoms with E-state index >= 15 is 0 Å². The van der Waals surface area contributed by atoms with Crippen molar-refractivity contribution in [2.45, 2.75) is 32.4 Å². The smallest absolute Gasteiger partial charge is 0.243 e. The summed E-state index contributed by atoms with van der Waals surface area (Å²) in [5, 5.41) is 2.72. The molecule has 1 atom stereocenters. The van der Waals surface area contributed by atoms with Crippen LogP contribution in [0.1, 0.15) is 17.8 Å². The highest BCUT2D eigenvalue weighted by atomic mass is 16.2. The third-order valence-corrected chi connectivity index (χ3v) is 5.38. The molecule has 0 bridgehead atoms. The minimum Gasteiger partial charge on any atom is -0.357 e. The van der Waals surface area contributed by atoms with Gasteiger partial charge in [0, 0.05) is 58.6 Å². The topological polar surface area (TPSA) is 70.5 Å². The van der Waals surface area contributed by atoms with Gasteiger partial charge in [-0.3, -0.25) is 14.5 Å². The molecule has 7 nitrogen and oxygen atoms in total. The van der Waals surface area contributed by atoms with E-state index in [4.69, 9.17) is 0 Å². The van der Waals surface area contributed by atoms with Crippen LogP contribution in [-0.2, 0) is 22.6 Å². The first-order valence-electron chi connectivity index (χ1n) is 9.83. The highest BCUT2D eigenvalue weighted by Crippen LogP contribution is 2.14. The highest BCUT2D eigenvalue weighted by molar-refractivity contribution is 5.88. The molecule has 2 aromatic rings. The molecule has 150 valence electrons. The van der Waals surface area contributed by atoms with Gasteiger partial charge < -0.3 is 14.8 Å². The van der Waals surface area contributed by atoms with Crippen LogP contribution >= 0.6 is 0 Å². The van der Waals surface area contributed by atoms with Crippen molar-refractivity contribution in [3.05, 3.63) is 54.1 Å². The maximum absolute atomic E-state index is 12.8. The van der Waals surface area contributed by atoms with Gasteiger partial charge in [-0.15, -0.1) is 0 Å². The molecule has 1 aliphatic rings. The van der Waals surface area contributed by atoms with E-state index in [0.29, 0.717) is 26.1 Å². The number of nitrogens with zero attached hydrogens (tertiary/aromatic N) is 4. The SMILES string of the molecule is CNC(=O)C1CN(CCc2ccccc2)CCN1C(=O)CCn1ccnc1C. The van der Waals surface area contributed by atoms with Crippen molar-refractivity contribution in [1.29, 1.82) is 0 Å². The average molecular weight is 383 g/mol. The van der Waals surface area contributed by atoms with E-state index < -0.39 is 6.04 Å². The van der Waals surface area contributed by atoms with Crippen LogP contribution in [0.15, 0.2) is 42.7 Å². The van der Waals surface area contributed by atoms with Gasteiger partial charge in [0.2, 0.25) is 11.8 Å². The summed E-state index contributed by atoms with van der Waals surface area (Å²) in [6.45, 7) is 5.32. The van der Waals surface area contributed by atoms with Crippen LogP contribution in [0.5, 0.6) is 0 Å². The summed E-state index contributed by atoms with van der Waals surface area (Å²) in [5.74, 6) is 0.808. The standard InChI is InChI=1S/C21H29N5O2/c1-17-23-10-13-25(17)12-9-20(27)26-15-14-24(16-19(26)21(28)22-2)11-8-18-6-4-3-5-7-18/h3-7,10,13,19H,8-9,11-12,14-16H2,1-2H3,(H,22,28). The highest BCUT2D eigenvalue weighted by Gasteiger charge is 2.34. The molecule has 7 heteroatoms. The summed E-state index contributed by atoms with van der Waals surface area (Å²) in [7, 11) is 1.63. The second-order valence-corrected chi connectivity index (χ2v) is 7.17. The number of piperazine rings is 1. The van der Waals surface area contributed by atoms with E-state index in [0.717, 1.165) is 25.3 Å². The van der Waals surface area contributed by atoms with Crippen LogP contribution in [0.3, 0.4) is 0 Å². The molecular formula is C21H29N5O2. The Balaban J connectivity index is 1.58. The number of aromatic nitrogens is 2. The molecular weight excluding hydrogens is 354 g/mol. The lowest BCUT2D eigenvalue weighted by Crippen LogP contribution is -2.60. The molecule has 0 radical (unpaired) electrons. The third-order valence-electron chi connectivity index (χ3n) is 5.38. The van der Waals surface area contributed by atoms with E-state index in [1.54, 1.807) is 18.1 Å². The van der Waals surface area contributed by atoms with Crippen LogP contribution in [0.25, 0.3) is 0 Å². The van der Waals surface area contributed by atoms with Gasteiger partial charge in [-0.25, -0.2) is 4.98 Å². The Bertz CT molecular complexity index is 789. The molecule has 1 N–H and O–H groups in total. The molecule has 1 fully saturated rings. The lowest BCUT2D eigenvalue weighted by Gasteiger charge is -2.40. The van der Waals surface area contributed by atoms with E-state index in [9.17, 15) is 9.59 Å². The van der Waals surface area contributed by atoms with E-state index in [2.05, 4.69) is 27.3 Å². The van der Waals surface area contributed by atoms with Gasteiger partial charge >= 0.3 is 0 Å². The Hall–Kier alpha value is -2.67. The number of hydrogen-bond acceptors (Lipinski definition) is 4. The number of imidazole rings is 1. The molecule has 1 saturated heterocycles. The fraction of sp³-hybridized carbons (Fsp3) is 0.476. The number of likely N-dealkylation sites (N-methyl/N-ethyl adjacent to an activating group) is 1. The normalized spacial score (nSPS) is 17.5. The minimum absolute atomic E-state index is 0.0180. The first-order chi connectivity index (χ1) is 13.6. The largest absolute Gasteiger partial charge is 0.357 e. The van der Waals surface area contributed by atoms with Gasteiger partial charge in [0.15, 0.2) is 0 Å². The number of amides is 2. The Kier molecular flexibility index (Phi) is 6.81. The number of nitrogens with one attached hydrogen (secondary N) is 1. The predicted molar refractivity (Wildman–Crippen MR) is 108 cm³/mol. The Morgan fingerprint density at radius 2 is 1.96 bits per heavy atom. The van der Waals surface area contributed by atoms with Crippen molar-refractivity contribution in [2.75, 3.05) is 33.2 Å². The number of benzene rings is 1. The summed E-state index contributed by atoms with van der Waals surface area (Å²) in [6, 6.07) is 9.90. The molecule has 0 saturated carbocycles. The molecule has 28 heavy (non-hydrogen) atoms. The lowest BCUT2D eigenvalue weighted by atomic mass is 10.1. The number of aryl methyl sites for hydroxylation is 2. The zero-order chi connectivity index (χ0) is 19.9. The predicted octanol–water partition coefficient (Wildman–Crippen LogP) is 1.08. The van der Waals surface area contributed by atoms with Gasteiger partial charge in [0.1, 0.15) is 11.9 Å². The number of hydrogen-bond donors (Lipinski definition) is 1. The van der Waals surface area contributed by atoms with Gasteiger partial charge in [0.25, 0.3) is 0 Å². The van der Waals surface area contributed by atoms with Crippen molar-refractivity contribution >= 4 is 11.8 Å². The molecule has 1 aromatic carbocycles. The lowest BCUT2D eigenvalue weighted by molar-refractivity contribution is -0.144. The summed E-state index contributed by atoms with van der Waals surface area (Å²) in [5.41, 5.74) is 1.29. The summed E-state index contributed by atoms with van der Waals surface area (Å²) >= 11 is 0. The molecule has 2 amide bonds. The maximum atomic E-state index is 12.8. The first kappa shape index (κ1) is 20.1. The Labute approximate surface area is 166 Å². The van der Waals surface area contributed by atoms with Crippen LogP contribution in [-0.4, -0.2) is 70.4 Å². The van der Waals surface area contributed by atoms with Crippen LogP contribution in [0, 0.1) is 6.92 Å². The van der Waals surface area contributed by atoms with Crippen molar-refractivity contribution in [2.24, 2.45) is 0 Å². The summed E-state index contributed by atoms with van der Waals surface area (Å²) in [6.07, 6.45) is 4.92. The molecule has 2 heterocycles.